The van der Waals surface area contributed by atoms with Crippen molar-refractivity contribution in [2.75, 3.05) is 6.54 Å². The summed E-state index contributed by atoms with van der Waals surface area (Å²) in [5.74, 6) is 1.51. The Morgan fingerprint density at radius 3 is 2.61 bits per heavy atom. The SMILES string of the molecule is CC(=O)Oc1c2cccc1O2.CCC1CCCN1. The van der Waals surface area contributed by atoms with E-state index in [1.807, 2.05) is 6.07 Å². The molecular weight excluding hydrogens is 230 g/mol. The van der Waals surface area contributed by atoms with E-state index in [1.54, 1.807) is 12.1 Å². The first-order valence-electron chi connectivity index (χ1n) is 6.43. The predicted molar refractivity (Wildman–Crippen MR) is 69.1 cm³/mol. The number of nitrogens with one attached hydrogen (secondary N) is 1. The number of hydrogen-bond acceptors (Lipinski definition) is 4. The van der Waals surface area contributed by atoms with Crippen molar-refractivity contribution in [2.24, 2.45) is 0 Å². The van der Waals surface area contributed by atoms with E-state index in [-0.39, 0.29) is 5.97 Å². The van der Waals surface area contributed by atoms with Crippen molar-refractivity contribution in [3.05, 3.63) is 18.2 Å². The molecule has 0 aliphatic carbocycles. The summed E-state index contributed by atoms with van der Waals surface area (Å²) >= 11 is 0. The summed E-state index contributed by atoms with van der Waals surface area (Å²) in [5.41, 5.74) is 0. The van der Waals surface area contributed by atoms with Gasteiger partial charge in [-0.2, -0.15) is 0 Å². The van der Waals surface area contributed by atoms with Crippen LogP contribution in [-0.2, 0) is 4.79 Å². The molecule has 1 aromatic carbocycles. The van der Waals surface area contributed by atoms with Gasteiger partial charge in [0.05, 0.1) is 0 Å². The maximum Gasteiger partial charge on any atom is 0.308 e. The number of esters is 1. The van der Waals surface area contributed by atoms with Gasteiger partial charge in [-0.3, -0.25) is 4.79 Å². The van der Waals surface area contributed by atoms with Crippen molar-refractivity contribution in [2.45, 2.75) is 39.2 Å². The standard InChI is InChI=1S/C8H6O3.C6H13N/c1-5(9)10-8-6-3-2-4-7(8)11-6;1-2-6-4-3-5-7-6/h2-4H,1H3;6-7H,2-5H2,1H3. The van der Waals surface area contributed by atoms with Crippen LogP contribution >= 0.6 is 0 Å². The van der Waals surface area contributed by atoms with Gasteiger partial charge >= 0.3 is 5.97 Å². The van der Waals surface area contributed by atoms with Crippen LogP contribution in [0.3, 0.4) is 0 Å². The number of fused-ring (bicyclic) bond motifs is 2. The van der Waals surface area contributed by atoms with Gasteiger partial charge in [0, 0.05) is 13.0 Å². The average molecular weight is 249 g/mol. The Hall–Kier alpha value is -1.55. The van der Waals surface area contributed by atoms with Gasteiger partial charge in [0.2, 0.25) is 5.75 Å². The van der Waals surface area contributed by atoms with Crippen LogP contribution in [-0.4, -0.2) is 18.6 Å². The highest BCUT2D eigenvalue weighted by Crippen LogP contribution is 2.49. The van der Waals surface area contributed by atoms with E-state index >= 15 is 0 Å². The fourth-order valence-electron chi connectivity index (χ4n) is 2.08. The molecule has 4 rings (SSSR count). The van der Waals surface area contributed by atoms with Gasteiger partial charge < -0.3 is 14.8 Å². The zero-order valence-corrected chi connectivity index (χ0v) is 10.9. The lowest BCUT2D eigenvalue weighted by atomic mass is 10.2. The number of carbonyl (C=O) groups excluding carboxylic acids is 1. The highest BCUT2D eigenvalue weighted by molar-refractivity contribution is 5.74. The fourth-order valence-corrected chi connectivity index (χ4v) is 2.08. The number of para-hydroxylation sites is 1. The van der Waals surface area contributed by atoms with E-state index in [1.165, 1.54) is 32.7 Å². The second-order valence-electron chi connectivity index (χ2n) is 4.48. The van der Waals surface area contributed by atoms with Crippen molar-refractivity contribution >= 4 is 5.97 Å². The first-order chi connectivity index (χ1) is 8.70. The lowest BCUT2D eigenvalue weighted by molar-refractivity contribution is -0.132. The molecule has 1 aromatic rings. The van der Waals surface area contributed by atoms with Crippen molar-refractivity contribution < 1.29 is 14.3 Å². The zero-order valence-electron chi connectivity index (χ0n) is 10.9. The summed E-state index contributed by atoms with van der Waals surface area (Å²) in [6.07, 6.45) is 4.09. The molecule has 3 heterocycles. The van der Waals surface area contributed by atoms with Gasteiger partial charge in [-0.15, -0.1) is 0 Å². The third-order valence-electron chi connectivity index (χ3n) is 3.06. The summed E-state index contributed by atoms with van der Waals surface area (Å²) in [5, 5.41) is 3.41. The van der Waals surface area contributed by atoms with Gasteiger partial charge in [-0.25, -0.2) is 0 Å². The highest BCUT2D eigenvalue weighted by atomic mass is 16.6. The van der Waals surface area contributed by atoms with Crippen LogP contribution < -0.4 is 14.8 Å². The summed E-state index contributed by atoms with van der Waals surface area (Å²) < 4.78 is 9.91. The van der Waals surface area contributed by atoms with Crippen molar-refractivity contribution in [3.63, 3.8) is 0 Å². The van der Waals surface area contributed by atoms with Crippen LogP contribution in [0.4, 0.5) is 0 Å². The molecule has 1 saturated heterocycles. The fraction of sp³-hybridized carbons (Fsp3) is 0.500. The third kappa shape index (κ3) is 3.01. The van der Waals surface area contributed by atoms with Gasteiger partial charge in [0.15, 0.2) is 11.5 Å². The molecule has 0 saturated carbocycles. The maximum atomic E-state index is 10.5. The van der Waals surface area contributed by atoms with Gasteiger partial charge in [-0.1, -0.05) is 13.0 Å². The molecule has 2 bridgehead atoms. The molecule has 1 unspecified atom stereocenters. The lowest BCUT2D eigenvalue weighted by Gasteiger charge is -2.21. The normalized spacial score (nSPS) is 19.1. The minimum Gasteiger partial charge on any atom is -0.449 e. The second-order valence-corrected chi connectivity index (χ2v) is 4.48. The molecule has 3 aliphatic rings. The summed E-state index contributed by atoms with van der Waals surface area (Å²) in [7, 11) is 0. The average Bonchev–Trinajstić information content (AvgIpc) is 2.90. The number of benzene rings is 1. The number of hydrogen-bond donors (Lipinski definition) is 1. The lowest BCUT2D eigenvalue weighted by Crippen LogP contribution is -2.19. The molecule has 0 radical (unpaired) electrons. The molecule has 0 amide bonds. The van der Waals surface area contributed by atoms with E-state index < -0.39 is 0 Å². The summed E-state index contributed by atoms with van der Waals surface area (Å²) in [4.78, 5) is 10.5. The minimum absolute atomic E-state index is 0.318. The highest BCUT2D eigenvalue weighted by Gasteiger charge is 2.23. The van der Waals surface area contributed by atoms with Crippen LogP contribution in [0.1, 0.15) is 33.1 Å². The molecule has 98 valence electrons. The molecular formula is C14H19NO3. The molecule has 1 atom stereocenters. The smallest absolute Gasteiger partial charge is 0.308 e. The Bertz CT molecular complexity index is 405. The largest absolute Gasteiger partial charge is 0.449 e. The first kappa shape index (κ1) is 12.9. The zero-order chi connectivity index (χ0) is 13.0. The number of rotatable bonds is 2. The van der Waals surface area contributed by atoms with Crippen molar-refractivity contribution in [1.29, 1.82) is 0 Å². The molecule has 1 fully saturated rings. The predicted octanol–water partition coefficient (Wildman–Crippen LogP) is 2.87. The van der Waals surface area contributed by atoms with Crippen molar-refractivity contribution in [1.82, 2.24) is 5.32 Å². The van der Waals surface area contributed by atoms with Crippen LogP contribution in [0.25, 0.3) is 0 Å². The van der Waals surface area contributed by atoms with E-state index in [9.17, 15) is 4.79 Å². The molecule has 18 heavy (non-hydrogen) atoms. The quantitative estimate of drug-likeness (QED) is 0.656. The molecule has 1 N–H and O–H groups in total. The Labute approximate surface area is 107 Å². The van der Waals surface area contributed by atoms with E-state index in [4.69, 9.17) is 9.47 Å². The monoisotopic (exact) mass is 249 g/mol. The minimum atomic E-state index is -0.318. The Morgan fingerprint density at radius 1 is 1.50 bits per heavy atom. The van der Waals surface area contributed by atoms with E-state index in [0.29, 0.717) is 17.2 Å². The van der Waals surface area contributed by atoms with Gasteiger partial charge in [0.1, 0.15) is 0 Å². The second kappa shape index (κ2) is 5.87. The van der Waals surface area contributed by atoms with Crippen LogP contribution in [0.2, 0.25) is 0 Å². The van der Waals surface area contributed by atoms with Crippen LogP contribution in [0.15, 0.2) is 18.2 Å². The number of carbonyl (C=O) groups is 1. The summed E-state index contributed by atoms with van der Waals surface area (Å²) in [6, 6.07) is 6.21. The topological polar surface area (TPSA) is 47.6 Å². The van der Waals surface area contributed by atoms with Crippen LogP contribution in [0, 0.1) is 0 Å². The third-order valence-corrected chi connectivity index (χ3v) is 3.06. The molecule has 3 aliphatic heterocycles. The molecule has 4 heteroatoms. The van der Waals surface area contributed by atoms with Crippen molar-refractivity contribution in [3.8, 4) is 17.2 Å². The molecule has 4 nitrogen and oxygen atoms in total. The number of ether oxygens (including phenoxy) is 2. The summed E-state index contributed by atoms with van der Waals surface area (Å²) in [6.45, 7) is 4.85. The first-order valence-corrected chi connectivity index (χ1v) is 6.43. The van der Waals surface area contributed by atoms with Crippen LogP contribution in [0.5, 0.6) is 17.2 Å². The van der Waals surface area contributed by atoms with E-state index in [2.05, 4.69) is 12.2 Å². The van der Waals surface area contributed by atoms with Gasteiger partial charge in [-0.05, 0) is 37.9 Å². The van der Waals surface area contributed by atoms with Gasteiger partial charge in [0.25, 0.3) is 0 Å². The molecule has 0 aromatic heterocycles. The van der Waals surface area contributed by atoms with E-state index in [0.717, 1.165) is 6.04 Å². The maximum absolute atomic E-state index is 10.5. The Kier molecular flexibility index (Phi) is 4.20. The Balaban J connectivity index is 0.000000149. The molecule has 0 spiro atoms. The Morgan fingerprint density at radius 2 is 2.22 bits per heavy atom.